The molecule has 3 N–H and O–H groups in total. The smallest absolute Gasteiger partial charge is 0.407 e. The van der Waals surface area contributed by atoms with E-state index in [2.05, 4.69) is 64.0 Å². The summed E-state index contributed by atoms with van der Waals surface area (Å²) in [5.74, 6) is 0.271. The molecule has 2 aromatic carbocycles. The second kappa shape index (κ2) is 20.5. The van der Waals surface area contributed by atoms with Gasteiger partial charge in [0.2, 0.25) is 0 Å². The van der Waals surface area contributed by atoms with Crippen molar-refractivity contribution in [3.63, 3.8) is 0 Å². The monoisotopic (exact) mass is 718 g/mol. The Kier molecular flexibility index (Phi) is 15.9. The summed E-state index contributed by atoms with van der Waals surface area (Å²) in [5.41, 5.74) is 4.81. The molecule has 0 aliphatic heterocycles. The predicted octanol–water partition coefficient (Wildman–Crippen LogP) is 7.12. The minimum atomic E-state index is -0.609. The van der Waals surface area contributed by atoms with Crippen molar-refractivity contribution in [2.45, 2.75) is 96.5 Å². The van der Waals surface area contributed by atoms with Crippen LogP contribution in [0.1, 0.15) is 79.1 Å². The fraction of sp³-hybridized carbons (Fsp3) is 0.447. The topological polar surface area (TPSA) is 126 Å². The van der Waals surface area contributed by atoms with Gasteiger partial charge in [0.1, 0.15) is 6.61 Å². The average molecular weight is 719 g/mol. The van der Waals surface area contributed by atoms with E-state index in [1.54, 1.807) is 35.0 Å². The van der Waals surface area contributed by atoms with Gasteiger partial charge in [-0.25, -0.2) is 14.6 Å². The van der Waals surface area contributed by atoms with Crippen LogP contribution in [0.5, 0.6) is 0 Å². The maximum Gasteiger partial charge on any atom is 0.407 e. The van der Waals surface area contributed by atoms with Gasteiger partial charge >= 0.3 is 12.1 Å². The molecule has 3 amide bonds. The van der Waals surface area contributed by atoms with Crippen LogP contribution in [0.3, 0.4) is 0 Å². The van der Waals surface area contributed by atoms with E-state index in [9.17, 15) is 14.4 Å². The van der Waals surface area contributed by atoms with Gasteiger partial charge in [-0.15, -0.1) is 22.7 Å². The Bertz CT molecular complexity index is 1580. The first-order valence-electron chi connectivity index (χ1n) is 17.3. The number of thiazole rings is 2. The second-order valence-electron chi connectivity index (χ2n) is 12.9. The molecule has 2 aromatic heterocycles. The third-order valence-corrected chi connectivity index (χ3v) is 10.2. The van der Waals surface area contributed by atoms with Gasteiger partial charge in [-0.05, 0) is 43.2 Å². The number of nitrogens with one attached hydrogen (secondary N) is 3. The predicted molar refractivity (Wildman–Crippen MR) is 200 cm³/mol. The van der Waals surface area contributed by atoms with Crippen molar-refractivity contribution in [2.24, 2.45) is 0 Å². The van der Waals surface area contributed by atoms with Crippen LogP contribution in [-0.2, 0) is 35.5 Å². The molecule has 268 valence electrons. The van der Waals surface area contributed by atoms with Crippen molar-refractivity contribution >= 4 is 40.6 Å². The lowest BCUT2D eigenvalue weighted by molar-refractivity contribution is -0.120. The van der Waals surface area contributed by atoms with E-state index in [0.717, 1.165) is 33.1 Å². The van der Waals surface area contributed by atoms with Crippen molar-refractivity contribution in [2.75, 3.05) is 13.6 Å². The molecular weight excluding hydrogens is 669 g/mol. The molecule has 0 aliphatic carbocycles. The van der Waals surface area contributed by atoms with Crippen molar-refractivity contribution in [3.05, 3.63) is 104 Å². The third kappa shape index (κ3) is 13.3. The number of carbonyl (C=O) groups excluding carboxylic acids is 3. The van der Waals surface area contributed by atoms with Crippen LogP contribution in [-0.4, -0.2) is 64.5 Å². The van der Waals surface area contributed by atoms with Gasteiger partial charge in [-0.1, -0.05) is 87.9 Å². The molecule has 10 nitrogen and oxygen atoms in total. The molecule has 0 aliphatic rings. The summed E-state index contributed by atoms with van der Waals surface area (Å²) in [6.07, 6.45) is 5.24. The number of alkyl carbamates (subject to hydrolysis) is 1. The summed E-state index contributed by atoms with van der Waals surface area (Å²) >= 11 is 3.04. The van der Waals surface area contributed by atoms with Gasteiger partial charge in [-0.3, -0.25) is 9.78 Å². The Balaban J connectivity index is 1.38. The average Bonchev–Trinajstić information content (AvgIpc) is 3.82. The number of ether oxygens (including phenoxy) is 1. The lowest BCUT2D eigenvalue weighted by Crippen LogP contribution is -2.49. The molecule has 50 heavy (non-hydrogen) atoms. The molecule has 4 aromatic rings. The molecule has 12 heteroatoms. The molecule has 2 heterocycles. The van der Waals surface area contributed by atoms with E-state index in [-0.39, 0.29) is 37.0 Å². The number of hydrogen-bond acceptors (Lipinski definition) is 9. The summed E-state index contributed by atoms with van der Waals surface area (Å²) < 4.78 is 5.50. The molecule has 0 radical (unpaired) electrons. The maximum atomic E-state index is 13.6. The zero-order chi connectivity index (χ0) is 35.7. The molecule has 4 rings (SSSR count). The van der Waals surface area contributed by atoms with E-state index in [0.29, 0.717) is 44.6 Å². The first kappa shape index (κ1) is 38.7. The Hall–Kier alpha value is -4.13. The molecule has 0 spiro atoms. The van der Waals surface area contributed by atoms with Crippen molar-refractivity contribution < 1.29 is 19.1 Å². The van der Waals surface area contributed by atoms with Crippen LogP contribution in [0.25, 0.3) is 0 Å². The molecular formula is C38H50N6O4S2. The van der Waals surface area contributed by atoms with Crippen LogP contribution in [0, 0.1) is 0 Å². The van der Waals surface area contributed by atoms with Gasteiger partial charge in [0.25, 0.3) is 0 Å². The first-order chi connectivity index (χ1) is 24.2. The number of nitrogens with zero attached hydrogens (tertiary/aromatic N) is 3. The van der Waals surface area contributed by atoms with E-state index < -0.39 is 12.1 Å². The number of benzene rings is 2. The van der Waals surface area contributed by atoms with Crippen LogP contribution in [0.4, 0.5) is 9.59 Å². The molecule has 0 saturated heterocycles. The summed E-state index contributed by atoms with van der Waals surface area (Å²) in [4.78, 5) is 50.7. The van der Waals surface area contributed by atoms with Gasteiger partial charge in [-0.2, -0.15) is 0 Å². The van der Waals surface area contributed by atoms with E-state index in [1.165, 1.54) is 11.3 Å². The Morgan fingerprint density at radius 1 is 0.880 bits per heavy atom. The summed E-state index contributed by atoms with van der Waals surface area (Å²) in [6.45, 7) is 6.86. The standard InChI is InChI=1S/C38H50N6O4S2/c1-5-12-34(43-37(46)44(4)23-32-25-49-36(41-32)27(2)3)35(45)22-40-30(19-28-13-8-6-9-14-28)17-18-31(20-29-15-10-7-11-16-29)42-38(47)48-24-33-21-39-26-50-33/h6-11,13-16,21,25-27,30-31,34,40H,5,12,17-20,22-24H2,1-4H3,(H,42,47)(H,43,46)/t30-,31-,34+/m1/s1. The lowest BCUT2D eigenvalue weighted by atomic mass is 9.95. The van der Waals surface area contributed by atoms with Crippen molar-refractivity contribution in [1.29, 1.82) is 0 Å². The van der Waals surface area contributed by atoms with Crippen LogP contribution in [0.2, 0.25) is 0 Å². The number of hydrogen-bond donors (Lipinski definition) is 3. The largest absolute Gasteiger partial charge is 0.444 e. The van der Waals surface area contributed by atoms with Gasteiger partial charge < -0.3 is 25.6 Å². The number of urea groups is 1. The number of rotatable bonds is 20. The Morgan fingerprint density at radius 2 is 1.54 bits per heavy atom. The molecule has 0 fully saturated rings. The van der Waals surface area contributed by atoms with Crippen LogP contribution >= 0.6 is 22.7 Å². The number of ketones is 1. The molecule has 3 atom stereocenters. The Labute approximate surface area is 304 Å². The van der Waals surface area contributed by atoms with E-state index in [4.69, 9.17) is 4.74 Å². The van der Waals surface area contributed by atoms with E-state index >= 15 is 0 Å². The number of aromatic nitrogens is 2. The highest BCUT2D eigenvalue weighted by Gasteiger charge is 2.24. The minimum absolute atomic E-state index is 0.0462. The number of Topliss-reactive ketones (excluding diaryl/α,β-unsaturated/α-hetero) is 1. The second-order valence-corrected chi connectivity index (χ2v) is 14.7. The fourth-order valence-corrected chi connectivity index (χ4v) is 6.90. The zero-order valence-electron chi connectivity index (χ0n) is 29.5. The summed E-state index contributed by atoms with van der Waals surface area (Å²) in [6, 6.07) is 19.1. The molecule has 0 bridgehead atoms. The lowest BCUT2D eigenvalue weighted by Gasteiger charge is -2.25. The van der Waals surface area contributed by atoms with Crippen LogP contribution in [0.15, 0.2) is 77.8 Å². The number of amides is 3. The van der Waals surface area contributed by atoms with Crippen molar-refractivity contribution in [3.8, 4) is 0 Å². The van der Waals surface area contributed by atoms with Gasteiger partial charge in [0.15, 0.2) is 5.78 Å². The number of carbonyl (C=O) groups is 3. The highest BCUT2D eigenvalue weighted by atomic mass is 32.1. The van der Waals surface area contributed by atoms with Crippen LogP contribution < -0.4 is 16.0 Å². The van der Waals surface area contributed by atoms with E-state index in [1.807, 2.05) is 48.7 Å². The molecule has 0 unspecified atom stereocenters. The SMILES string of the molecule is CCC[C@H](NC(=O)N(C)Cc1csc(C(C)C)n1)C(=O)CN[C@H](CC[C@H](Cc1ccccc1)NC(=O)OCc1cncs1)Cc1ccccc1. The highest BCUT2D eigenvalue weighted by molar-refractivity contribution is 7.09. The molecule has 0 saturated carbocycles. The quantitative estimate of drug-likeness (QED) is 0.0889. The first-order valence-corrected chi connectivity index (χ1v) is 19.1. The normalized spacial score (nSPS) is 13.0. The van der Waals surface area contributed by atoms with Crippen molar-refractivity contribution in [1.82, 2.24) is 30.8 Å². The third-order valence-electron chi connectivity index (χ3n) is 8.30. The van der Waals surface area contributed by atoms with Gasteiger partial charge in [0, 0.05) is 36.6 Å². The summed E-state index contributed by atoms with van der Waals surface area (Å²) in [7, 11) is 1.72. The Morgan fingerprint density at radius 3 is 2.14 bits per heavy atom. The fourth-order valence-electron chi connectivity index (χ4n) is 5.56. The highest BCUT2D eigenvalue weighted by Crippen LogP contribution is 2.20. The summed E-state index contributed by atoms with van der Waals surface area (Å²) in [5, 5.41) is 12.6. The zero-order valence-corrected chi connectivity index (χ0v) is 31.1. The maximum absolute atomic E-state index is 13.6. The van der Waals surface area contributed by atoms with Gasteiger partial charge in [0.05, 0.1) is 40.2 Å². The minimum Gasteiger partial charge on any atom is -0.444 e.